The first-order chi connectivity index (χ1) is 6.56. The quantitative estimate of drug-likeness (QED) is 0.520. The Kier molecular flexibility index (Phi) is 4.27. The van der Waals surface area contributed by atoms with Gasteiger partial charge in [-0.1, -0.05) is 0 Å². The normalized spacial score (nSPS) is 22.1. The standard InChI is InChI=1S/C7H17N3O3S/c1-7(6-11)9-14(12,13)10-4-2-8-3-5-10/h7-9,11H,2-6H2,1H3/t7-/m0/s1. The Morgan fingerprint density at radius 1 is 1.50 bits per heavy atom. The number of rotatable bonds is 4. The monoisotopic (exact) mass is 223 g/mol. The first-order valence-electron chi connectivity index (χ1n) is 4.65. The summed E-state index contributed by atoms with van der Waals surface area (Å²) in [6, 6.07) is -0.435. The second-order valence-electron chi connectivity index (χ2n) is 3.36. The molecule has 3 N–H and O–H groups in total. The zero-order valence-corrected chi connectivity index (χ0v) is 9.05. The van der Waals surface area contributed by atoms with E-state index in [1.165, 1.54) is 4.31 Å². The third kappa shape index (κ3) is 3.18. The van der Waals surface area contributed by atoms with Crippen LogP contribution in [0.3, 0.4) is 0 Å². The lowest BCUT2D eigenvalue weighted by atomic mass is 10.4. The molecule has 6 nitrogen and oxygen atoms in total. The summed E-state index contributed by atoms with van der Waals surface area (Å²) < 4.78 is 27.0. The van der Waals surface area contributed by atoms with E-state index in [0.29, 0.717) is 26.2 Å². The van der Waals surface area contributed by atoms with Crippen molar-refractivity contribution in [3.8, 4) is 0 Å². The molecule has 84 valence electrons. The molecular formula is C7H17N3O3S. The summed E-state index contributed by atoms with van der Waals surface area (Å²) in [4.78, 5) is 0. The minimum atomic E-state index is -3.41. The summed E-state index contributed by atoms with van der Waals surface area (Å²) in [6.45, 7) is 3.74. The van der Waals surface area contributed by atoms with E-state index >= 15 is 0 Å². The number of aliphatic hydroxyl groups is 1. The van der Waals surface area contributed by atoms with Crippen LogP contribution in [0.1, 0.15) is 6.92 Å². The van der Waals surface area contributed by atoms with E-state index in [1.54, 1.807) is 6.92 Å². The van der Waals surface area contributed by atoms with Crippen LogP contribution < -0.4 is 10.0 Å². The molecule has 0 aromatic rings. The maximum atomic E-state index is 11.6. The molecule has 0 radical (unpaired) electrons. The van der Waals surface area contributed by atoms with Crippen LogP contribution in [0.25, 0.3) is 0 Å². The van der Waals surface area contributed by atoms with Gasteiger partial charge in [-0.05, 0) is 6.92 Å². The van der Waals surface area contributed by atoms with Gasteiger partial charge in [0.05, 0.1) is 6.61 Å². The highest BCUT2D eigenvalue weighted by atomic mass is 32.2. The van der Waals surface area contributed by atoms with Gasteiger partial charge in [-0.3, -0.25) is 0 Å². The van der Waals surface area contributed by atoms with Gasteiger partial charge in [-0.25, -0.2) is 0 Å². The fraction of sp³-hybridized carbons (Fsp3) is 1.00. The smallest absolute Gasteiger partial charge is 0.279 e. The van der Waals surface area contributed by atoms with Gasteiger partial charge in [0.25, 0.3) is 10.2 Å². The van der Waals surface area contributed by atoms with Crippen molar-refractivity contribution in [3.63, 3.8) is 0 Å². The van der Waals surface area contributed by atoms with Gasteiger partial charge in [0.15, 0.2) is 0 Å². The summed E-state index contributed by atoms with van der Waals surface area (Å²) in [7, 11) is -3.41. The number of piperazine rings is 1. The molecule has 1 fully saturated rings. The van der Waals surface area contributed by atoms with E-state index in [0.717, 1.165) is 0 Å². The van der Waals surface area contributed by atoms with Crippen LogP contribution in [0.5, 0.6) is 0 Å². The van der Waals surface area contributed by atoms with Gasteiger partial charge in [-0.15, -0.1) is 0 Å². The average Bonchev–Trinajstić information content (AvgIpc) is 2.18. The molecule has 0 spiro atoms. The van der Waals surface area contributed by atoms with Crippen LogP contribution in [0.2, 0.25) is 0 Å². The van der Waals surface area contributed by atoms with Gasteiger partial charge >= 0.3 is 0 Å². The number of aliphatic hydroxyl groups excluding tert-OH is 1. The molecule has 1 aliphatic heterocycles. The van der Waals surface area contributed by atoms with Crippen molar-refractivity contribution < 1.29 is 13.5 Å². The van der Waals surface area contributed by atoms with Crippen LogP contribution in [0.4, 0.5) is 0 Å². The summed E-state index contributed by atoms with van der Waals surface area (Å²) in [5, 5.41) is 11.8. The van der Waals surface area contributed by atoms with Gasteiger partial charge in [-0.2, -0.15) is 17.4 Å². The van der Waals surface area contributed by atoms with Crippen molar-refractivity contribution in [2.75, 3.05) is 32.8 Å². The van der Waals surface area contributed by atoms with E-state index < -0.39 is 16.3 Å². The van der Waals surface area contributed by atoms with E-state index in [-0.39, 0.29) is 6.61 Å². The number of nitrogens with one attached hydrogen (secondary N) is 2. The van der Waals surface area contributed by atoms with Crippen molar-refractivity contribution in [2.24, 2.45) is 0 Å². The summed E-state index contributed by atoms with van der Waals surface area (Å²) in [5.74, 6) is 0. The third-order valence-electron chi connectivity index (χ3n) is 2.04. The molecule has 1 aliphatic rings. The topological polar surface area (TPSA) is 81.7 Å². The Bertz CT molecular complexity index is 261. The Morgan fingerprint density at radius 3 is 2.57 bits per heavy atom. The van der Waals surface area contributed by atoms with E-state index in [2.05, 4.69) is 10.0 Å². The Labute approximate surface area is 84.5 Å². The van der Waals surface area contributed by atoms with E-state index in [1.807, 2.05) is 0 Å². The largest absolute Gasteiger partial charge is 0.395 e. The highest BCUT2D eigenvalue weighted by Crippen LogP contribution is 2.00. The third-order valence-corrected chi connectivity index (χ3v) is 3.79. The molecule has 1 atom stereocenters. The predicted octanol–water partition coefficient (Wildman–Crippen LogP) is -1.89. The lowest BCUT2D eigenvalue weighted by Crippen LogP contribution is -2.52. The van der Waals surface area contributed by atoms with Gasteiger partial charge in [0.2, 0.25) is 0 Å². The number of nitrogens with zero attached hydrogens (tertiary/aromatic N) is 1. The summed E-state index contributed by atoms with van der Waals surface area (Å²) in [6.07, 6.45) is 0. The zero-order valence-electron chi connectivity index (χ0n) is 8.23. The van der Waals surface area contributed by atoms with Crippen molar-refractivity contribution in [1.82, 2.24) is 14.3 Å². The first-order valence-corrected chi connectivity index (χ1v) is 6.09. The molecule has 0 bridgehead atoms. The molecule has 0 saturated carbocycles. The maximum Gasteiger partial charge on any atom is 0.279 e. The minimum Gasteiger partial charge on any atom is -0.395 e. The fourth-order valence-corrected chi connectivity index (χ4v) is 2.65. The van der Waals surface area contributed by atoms with Gasteiger partial charge in [0, 0.05) is 32.2 Å². The Morgan fingerprint density at radius 2 is 2.07 bits per heavy atom. The van der Waals surface area contributed by atoms with Crippen molar-refractivity contribution in [2.45, 2.75) is 13.0 Å². The molecule has 0 aromatic carbocycles. The highest BCUT2D eigenvalue weighted by molar-refractivity contribution is 7.87. The Hall–Kier alpha value is -0.210. The van der Waals surface area contributed by atoms with Crippen LogP contribution in [-0.2, 0) is 10.2 Å². The molecule has 1 heterocycles. The second-order valence-corrected chi connectivity index (χ2v) is 5.06. The van der Waals surface area contributed by atoms with Crippen LogP contribution >= 0.6 is 0 Å². The Balaban J connectivity index is 2.54. The zero-order chi connectivity index (χ0) is 10.6. The van der Waals surface area contributed by atoms with E-state index in [4.69, 9.17) is 5.11 Å². The van der Waals surface area contributed by atoms with Crippen LogP contribution in [0.15, 0.2) is 0 Å². The van der Waals surface area contributed by atoms with Crippen LogP contribution in [-0.4, -0.2) is 56.7 Å². The molecule has 1 saturated heterocycles. The highest BCUT2D eigenvalue weighted by Gasteiger charge is 2.24. The second kappa shape index (κ2) is 5.04. The number of hydrogen-bond acceptors (Lipinski definition) is 4. The summed E-state index contributed by atoms with van der Waals surface area (Å²) >= 11 is 0. The van der Waals surface area contributed by atoms with Crippen molar-refractivity contribution in [3.05, 3.63) is 0 Å². The lowest BCUT2D eigenvalue weighted by molar-refractivity contribution is 0.261. The van der Waals surface area contributed by atoms with Gasteiger partial charge in [0.1, 0.15) is 0 Å². The SMILES string of the molecule is C[C@@H](CO)NS(=O)(=O)N1CCNCC1. The average molecular weight is 223 g/mol. The summed E-state index contributed by atoms with van der Waals surface area (Å²) in [5.41, 5.74) is 0. The molecular weight excluding hydrogens is 206 g/mol. The molecule has 14 heavy (non-hydrogen) atoms. The molecule has 0 unspecified atom stereocenters. The molecule has 0 aliphatic carbocycles. The van der Waals surface area contributed by atoms with Crippen LogP contribution in [0, 0.1) is 0 Å². The lowest BCUT2D eigenvalue weighted by Gasteiger charge is -2.27. The predicted molar refractivity (Wildman–Crippen MR) is 53.0 cm³/mol. The molecule has 1 rings (SSSR count). The van der Waals surface area contributed by atoms with Crippen molar-refractivity contribution >= 4 is 10.2 Å². The maximum absolute atomic E-state index is 11.6. The molecule has 7 heteroatoms. The number of hydrogen-bond donors (Lipinski definition) is 3. The molecule has 0 amide bonds. The fourth-order valence-electron chi connectivity index (χ4n) is 1.25. The van der Waals surface area contributed by atoms with E-state index in [9.17, 15) is 8.42 Å². The van der Waals surface area contributed by atoms with Crippen molar-refractivity contribution in [1.29, 1.82) is 0 Å². The molecule has 0 aromatic heterocycles. The van der Waals surface area contributed by atoms with Gasteiger partial charge < -0.3 is 10.4 Å². The minimum absolute atomic E-state index is 0.189. The first kappa shape index (κ1) is 11.9.